The molecule has 1 aromatic rings. The third kappa shape index (κ3) is 5.07. The number of benzene rings is 1. The van der Waals surface area contributed by atoms with Crippen molar-refractivity contribution in [1.82, 2.24) is 4.72 Å². The predicted octanol–water partition coefficient (Wildman–Crippen LogP) is 1.92. The highest BCUT2D eigenvalue weighted by molar-refractivity contribution is 7.89. The average molecular weight is 317 g/mol. The van der Waals surface area contributed by atoms with Crippen molar-refractivity contribution >= 4 is 34.0 Å². The van der Waals surface area contributed by atoms with Crippen LogP contribution in [-0.4, -0.2) is 20.5 Å². The average Bonchev–Trinajstić information content (AvgIpc) is 2.13. The molecule has 0 atom stereocenters. The van der Waals surface area contributed by atoms with Crippen molar-refractivity contribution in [3.63, 3.8) is 0 Å². The lowest BCUT2D eigenvalue weighted by Gasteiger charge is -2.19. The SMILES string of the molecule is CC(C)(N)CNS(=O)(=O)c1ccc(F)cc1Cl.Cl. The van der Waals surface area contributed by atoms with E-state index in [-0.39, 0.29) is 28.9 Å². The van der Waals surface area contributed by atoms with E-state index in [2.05, 4.69) is 4.72 Å². The molecular weight excluding hydrogens is 302 g/mol. The van der Waals surface area contributed by atoms with Crippen LogP contribution in [0.5, 0.6) is 0 Å². The highest BCUT2D eigenvalue weighted by Gasteiger charge is 2.21. The highest BCUT2D eigenvalue weighted by atomic mass is 35.5. The molecule has 0 bridgehead atoms. The van der Waals surface area contributed by atoms with Crippen LogP contribution in [0.15, 0.2) is 23.1 Å². The van der Waals surface area contributed by atoms with Crippen LogP contribution >= 0.6 is 24.0 Å². The molecular formula is C10H15Cl2FN2O2S. The lowest BCUT2D eigenvalue weighted by Crippen LogP contribution is -2.45. The minimum Gasteiger partial charge on any atom is -0.324 e. The van der Waals surface area contributed by atoms with E-state index in [0.717, 1.165) is 18.2 Å². The molecule has 0 saturated carbocycles. The summed E-state index contributed by atoms with van der Waals surface area (Å²) in [4.78, 5) is -0.162. The summed E-state index contributed by atoms with van der Waals surface area (Å²) < 4.78 is 38.8. The van der Waals surface area contributed by atoms with Gasteiger partial charge in [-0.05, 0) is 32.0 Å². The van der Waals surface area contributed by atoms with Gasteiger partial charge in [-0.1, -0.05) is 11.6 Å². The monoisotopic (exact) mass is 316 g/mol. The quantitative estimate of drug-likeness (QED) is 0.891. The van der Waals surface area contributed by atoms with Crippen LogP contribution in [0.1, 0.15) is 13.8 Å². The Kier molecular flexibility index (Phi) is 6.03. The van der Waals surface area contributed by atoms with E-state index in [1.807, 2.05) is 0 Å². The Morgan fingerprint density at radius 2 is 2.00 bits per heavy atom. The third-order valence-electron chi connectivity index (χ3n) is 1.90. The first kappa shape index (κ1) is 17.6. The Bertz CT molecular complexity index is 515. The zero-order chi connectivity index (χ0) is 13.3. The maximum Gasteiger partial charge on any atom is 0.242 e. The van der Waals surface area contributed by atoms with Crippen LogP contribution in [-0.2, 0) is 10.0 Å². The van der Waals surface area contributed by atoms with Gasteiger partial charge in [0.05, 0.1) is 5.02 Å². The molecule has 3 N–H and O–H groups in total. The van der Waals surface area contributed by atoms with E-state index in [0.29, 0.717) is 0 Å². The number of nitrogens with two attached hydrogens (primary N) is 1. The van der Waals surface area contributed by atoms with Gasteiger partial charge in [-0.3, -0.25) is 0 Å². The van der Waals surface area contributed by atoms with Crippen LogP contribution in [0.4, 0.5) is 4.39 Å². The van der Waals surface area contributed by atoms with Gasteiger partial charge in [0.15, 0.2) is 0 Å². The molecule has 0 heterocycles. The van der Waals surface area contributed by atoms with Gasteiger partial charge in [0.2, 0.25) is 10.0 Å². The number of hydrogen-bond donors (Lipinski definition) is 2. The lowest BCUT2D eigenvalue weighted by atomic mass is 10.1. The molecule has 4 nitrogen and oxygen atoms in total. The summed E-state index contributed by atoms with van der Waals surface area (Å²) in [6.45, 7) is 3.42. The second kappa shape index (κ2) is 6.16. The van der Waals surface area contributed by atoms with Gasteiger partial charge in [0, 0.05) is 12.1 Å². The fraction of sp³-hybridized carbons (Fsp3) is 0.400. The summed E-state index contributed by atoms with van der Waals surface area (Å²) >= 11 is 5.67. The minimum atomic E-state index is -3.77. The Hall–Kier alpha value is -0.400. The zero-order valence-electron chi connectivity index (χ0n) is 9.91. The van der Waals surface area contributed by atoms with Gasteiger partial charge in [-0.25, -0.2) is 17.5 Å². The van der Waals surface area contributed by atoms with Crippen molar-refractivity contribution in [1.29, 1.82) is 0 Å². The van der Waals surface area contributed by atoms with Gasteiger partial charge in [0.25, 0.3) is 0 Å². The van der Waals surface area contributed by atoms with E-state index < -0.39 is 21.4 Å². The summed E-state index contributed by atoms with van der Waals surface area (Å²) in [6, 6.07) is 3.10. The minimum absolute atomic E-state index is 0. The fourth-order valence-electron chi connectivity index (χ4n) is 1.05. The van der Waals surface area contributed by atoms with Gasteiger partial charge in [-0.2, -0.15) is 0 Å². The number of hydrogen-bond acceptors (Lipinski definition) is 3. The molecule has 0 radical (unpaired) electrons. The molecule has 104 valence electrons. The highest BCUT2D eigenvalue weighted by Crippen LogP contribution is 2.21. The van der Waals surface area contributed by atoms with Gasteiger partial charge < -0.3 is 5.73 Å². The van der Waals surface area contributed by atoms with Crippen molar-refractivity contribution in [2.75, 3.05) is 6.54 Å². The topological polar surface area (TPSA) is 72.2 Å². The molecule has 0 saturated heterocycles. The fourth-order valence-corrected chi connectivity index (χ4v) is 2.80. The zero-order valence-corrected chi connectivity index (χ0v) is 12.3. The number of sulfonamides is 1. The van der Waals surface area contributed by atoms with Crippen molar-refractivity contribution in [2.45, 2.75) is 24.3 Å². The number of rotatable bonds is 4. The summed E-state index contributed by atoms with van der Waals surface area (Å²) in [7, 11) is -3.77. The molecule has 0 aromatic heterocycles. The summed E-state index contributed by atoms with van der Waals surface area (Å²) in [5.74, 6) is -0.590. The molecule has 0 aliphatic carbocycles. The van der Waals surface area contributed by atoms with Crippen molar-refractivity contribution in [3.05, 3.63) is 29.0 Å². The number of nitrogens with one attached hydrogen (secondary N) is 1. The smallest absolute Gasteiger partial charge is 0.242 e. The largest absolute Gasteiger partial charge is 0.324 e. The van der Waals surface area contributed by atoms with E-state index in [4.69, 9.17) is 17.3 Å². The molecule has 0 aliphatic rings. The lowest BCUT2D eigenvalue weighted by molar-refractivity contribution is 0.498. The molecule has 0 spiro atoms. The van der Waals surface area contributed by atoms with E-state index in [9.17, 15) is 12.8 Å². The van der Waals surface area contributed by atoms with Gasteiger partial charge in [-0.15, -0.1) is 12.4 Å². The standard InChI is InChI=1S/C10H14ClFN2O2S.ClH/c1-10(2,13)6-14-17(15,16)9-4-3-7(12)5-8(9)11;/h3-5,14H,6,13H2,1-2H3;1H. The second-order valence-corrected chi connectivity index (χ2v) is 6.53. The Labute approximate surface area is 117 Å². The first-order valence-electron chi connectivity index (χ1n) is 4.85. The third-order valence-corrected chi connectivity index (χ3v) is 3.79. The van der Waals surface area contributed by atoms with Gasteiger partial charge >= 0.3 is 0 Å². The van der Waals surface area contributed by atoms with E-state index in [1.54, 1.807) is 13.8 Å². The maximum atomic E-state index is 12.8. The molecule has 8 heteroatoms. The van der Waals surface area contributed by atoms with Crippen LogP contribution < -0.4 is 10.5 Å². The molecule has 1 aromatic carbocycles. The summed E-state index contributed by atoms with van der Waals surface area (Å²) in [5, 5.41) is -0.160. The van der Waals surface area contributed by atoms with Crippen molar-refractivity contribution < 1.29 is 12.8 Å². The Morgan fingerprint density at radius 1 is 1.44 bits per heavy atom. The van der Waals surface area contributed by atoms with Gasteiger partial charge in [0.1, 0.15) is 10.7 Å². The second-order valence-electron chi connectivity index (χ2n) is 4.39. The molecule has 0 aliphatic heterocycles. The number of halogens is 3. The Morgan fingerprint density at radius 3 is 2.44 bits per heavy atom. The van der Waals surface area contributed by atoms with E-state index in [1.165, 1.54) is 0 Å². The van der Waals surface area contributed by atoms with Crippen molar-refractivity contribution in [3.8, 4) is 0 Å². The predicted molar refractivity (Wildman–Crippen MR) is 72.1 cm³/mol. The molecule has 0 fully saturated rings. The van der Waals surface area contributed by atoms with Crippen LogP contribution in [0.25, 0.3) is 0 Å². The molecule has 18 heavy (non-hydrogen) atoms. The molecule has 0 amide bonds. The molecule has 1 rings (SSSR count). The Balaban J connectivity index is 0.00000289. The van der Waals surface area contributed by atoms with Crippen LogP contribution in [0, 0.1) is 5.82 Å². The van der Waals surface area contributed by atoms with Crippen molar-refractivity contribution in [2.24, 2.45) is 5.73 Å². The van der Waals surface area contributed by atoms with Crippen LogP contribution in [0.3, 0.4) is 0 Å². The van der Waals surface area contributed by atoms with E-state index >= 15 is 0 Å². The maximum absolute atomic E-state index is 12.8. The molecule has 0 unspecified atom stereocenters. The summed E-state index contributed by atoms with van der Waals surface area (Å²) in [5.41, 5.74) is 4.98. The first-order valence-corrected chi connectivity index (χ1v) is 6.71. The first-order chi connectivity index (χ1) is 7.62. The normalized spacial score (nSPS) is 12.1. The van der Waals surface area contributed by atoms with Crippen LogP contribution in [0.2, 0.25) is 5.02 Å². The summed E-state index contributed by atoms with van der Waals surface area (Å²) in [6.07, 6.45) is 0.